The van der Waals surface area contributed by atoms with Crippen LogP contribution in [-0.2, 0) is 34.9 Å². The largest absolute Gasteiger partial charge is 0.364 e. The number of rotatable bonds is 11. The highest BCUT2D eigenvalue weighted by Crippen LogP contribution is 2.35. The van der Waals surface area contributed by atoms with E-state index in [1.807, 2.05) is 182 Å². The van der Waals surface area contributed by atoms with Crippen LogP contribution in [0.25, 0.3) is 42.9 Å². The first kappa shape index (κ1) is 113. The quantitative estimate of drug-likeness (QED) is 0.119. The third-order valence-electron chi connectivity index (χ3n) is 23.2. The molecule has 17 aromatic rings. The summed E-state index contributed by atoms with van der Waals surface area (Å²) >= 11 is 3.49. The third kappa shape index (κ3) is 38.6. The van der Waals surface area contributed by atoms with Crippen LogP contribution in [0.15, 0.2) is 315 Å². The van der Waals surface area contributed by atoms with E-state index >= 15 is 0 Å². The van der Waals surface area contributed by atoms with Crippen LogP contribution in [0.5, 0.6) is 0 Å². The number of thiophene rings is 2. The Morgan fingerprint density at radius 1 is 0.345 bits per heavy atom. The molecule has 2 aliphatic rings. The summed E-state index contributed by atoms with van der Waals surface area (Å²) in [5.74, 6) is 6.80. The van der Waals surface area contributed by atoms with Crippen LogP contribution in [-0.4, -0.2) is 70.4 Å². The van der Waals surface area contributed by atoms with E-state index in [1.54, 1.807) is 41.3 Å². The molecular formula is C122H155N13O2S2. The molecule has 0 saturated heterocycles. The van der Waals surface area contributed by atoms with Crippen LogP contribution in [0.4, 0.5) is 0 Å². The summed E-state index contributed by atoms with van der Waals surface area (Å²) in [5, 5.41) is 14.6. The van der Waals surface area contributed by atoms with E-state index in [0.29, 0.717) is 83.7 Å². The number of hydrogen-bond acceptors (Lipinski definition) is 16. The summed E-state index contributed by atoms with van der Waals surface area (Å²) in [6.45, 7) is 61.3. The maximum atomic E-state index is 11.3. The van der Waals surface area contributed by atoms with E-state index < -0.39 is 0 Å². The monoisotopic (exact) mass is 1900 g/mol. The third-order valence-corrected chi connectivity index (χ3v) is 25.0. The highest BCUT2D eigenvalue weighted by molar-refractivity contribution is 7.17. The molecule has 0 amide bonds. The molecule has 15 aromatic heterocycles. The SMILES string of the molecule is CC(C)(C)c1ccnc2c1C=CC2.CC(C)(C)c1ccnc2c1CCC(=O)C2.CC(C)c1ccccc1.CC(C)c1ccccn1.CC(C)c1cccnc1.CC(C)c1ccnc2ccccc12.CC(C)c1ccnc2ccsc12.CC(C)c1ccnc2sccc12.CC(C)c1ccncc1.CC(C)c1ccncc1.CC(C)c1ccncc1.CC(C)c1cnn2ccccc12.CC(C)c1cnoc1. The predicted molar refractivity (Wildman–Crippen MR) is 591 cm³/mol. The number of allylic oxidation sites excluding steroid dienone is 1. The van der Waals surface area contributed by atoms with Gasteiger partial charge >= 0.3 is 0 Å². The lowest BCUT2D eigenvalue weighted by molar-refractivity contribution is -0.118. The number of para-hydroxylation sites is 1. The first-order valence-electron chi connectivity index (χ1n) is 49.3. The summed E-state index contributed by atoms with van der Waals surface area (Å²) in [5.41, 5.74) is 26.1. The number of benzene rings is 2. The molecule has 732 valence electrons. The standard InChI is InChI=1S/C13H17NO.C12H15N.C12H13N.C10H12N2.2C10H11NS.C9H12.5C8H11N.C6H9NO/c1-13(2,3)11-6-7-14-12-8-9(15)4-5-10(11)12;1-12(2,3)10-7-8-13-11-6-4-5-9(10)11;1-9(2)10-7-8-13-12-6-4-3-5-11(10)12;1-8(2)9-7-11-12-6-4-3-5-10(9)12;1-7(2)8-3-5-11-9-4-6-12-10(8)9;1-7(2)8-3-5-11-10-9(8)4-6-12-10;1-8(2)9-6-4-3-5-7-9;3*1-7(2)8-3-5-9-6-4-8;1-7(2)8-4-3-5-9-6-8;1-7(2)8-5-3-4-6-9-8;1-5(2)6-3-7-8-4-6/h6-7H,4-5,8H2,1-3H3;4-5,7-8H,6H2,1-3H3;3-9H,1-2H3;3-8H,1-2H3;2*3-7H,1-2H3;3-8H,1-2H3;5*3-7H,1-2H3;3-5H,1-2H3. The fourth-order valence-electron chi connectivity index (χ4n) is 14.8. The van der Waals surface area contributed by atoms with Crippen molar-refractivity contribution in [3.05, 3.63) is 405 Å². The zero-order valence-corrected chi connectivity index (χ0v) is 89.8. The van der Waals surface area contributed by atoms with Crippen molar-refractivity contribution >= 4 is 71.4 Å². The normalized spacial score (nSPS) is 11.6. The molecule has 2 aromatic carbocycles. The van der Waals surface area contributed by atoms with Crippen molar-refractivity contribution < 1.29 is 9.32 Å². The van der Waals surface area contributed by atoms with Crippen molar-refractivity contribution in [3.63, 3.8) is 0 Å². The van der Waals surface area contributed by atoms with Gasteiger partial charge in [-0.05, 0) is 275 Å². The average molecular weight is 1900 g/mol. The molecule has 139 heavy (non-hydrogen) atoms. The number of fused-ring (bicyclic) bond motifs is 6. The maximum Gasteiger partial charge on any atom is 0.139 e. The van der Waals surface area contributed by atoms with E-state index in [2.05, 4.69) is 378 Å². The van der Waals surface area contributed by atoms with Crippen LogP contribution in [0.3, 0.4) is 0 Å². The first-order valence-corrected chi connectivity index (χ1v) is 51.1. The topological polar surface area (TPSA) is 189 Å². The van der Waals surface area contributed by atoms with Gasteiger partial charge in [-0.3, -0.25) is 49.7 Å². The first-order chi connectivity index (χ1) is 66.4. The van der Waals surface area contributed by atoms with Crippen LogP contribution in [0, 0.1) is 0 Å². The van der Waals surface area contributed by atoms with Crippen molar-refractivity contribution in [2.75, 3.05) is 0 Å². The Morgan fingerprint density at radius 2 is 0.835 bits per heavy atom. The Kier molecular flexibility index (Phi) is 48.1. The van der Waals surface area contributed by atoms with E-state index in [-0.39, 0.29) is 10.8 Å². The van der Waals surface area contributed by atoms with Gasteiger partial charge in [-0.15, -0.1) is 22.7 Å². The van der Waals surface area contributed by atoms with Crippen molar-refractivity contribution in [3.8, 4) is 0 Å². The number of aromatic nitrogens is 13. The lowest BCUT2D eigenvalue weighted by Gasteiger charge is -2.26. The number of nitrogens with zero attached hydrogens (tertiary/aromatic N) is 13. The summed E-state index contributed by atoms with van der Waals surface area (Å²) in [6.07, 6.45) is 40.7. The molecule has 19 rings (SSSR count). The van der Waals surface area contributed by atoms with Gasteiger partial charge in [-0.25, -0.2) is 9.50 Å². The molecule has 2 aliphatic carbocycles. The Morgan fingerprint density at radius 3 is 1.32 bits per heavy atom. The summed E-state index contributed by atoms with van der Waals surface area (Å²) in [7, 11) is 0. The number of Topliss-reactive ketones (excluding diaryl/α,β-unsaturated/α-hetero) is 1. The minimum atomic E-state index is 0.146. The van der Waals surface area contributed by atoms with Crippen LogP contribution in [0.1, 0.15) is 360 Å². The molecule has 0 atom stereocenters. The Balaban J connectivity index is 0.000000206. The Bertz CT molecular complexity index is 5860. The van der Waals surface area contributed by atoms with Gasteiger partial charge in [0.1, 0.15) is 16.9 Å². The predicted octanol–water partition coefficient (Wildman–Crippen LogP) is 33.7. The summed E-state index contributed by atoms with van der Waals surface area (Å²) < 4.78 is 7.88. The molecule has 15 nitrogen and oxygen atoms in total. The molecule has 15 heterocycles. The second-order valence-corrected chi connectivity index (χ2v) is 41.7. The van der Waals surface area contributed by atoms with Crippen LogP contribution in [0.2, 0.25) is 0 Å². The van der Waals surface area contributed by atoms with E-state index in [9.17, 15) is 4.79 Å². The van der Waals surface area contributed by atoms with Gasteiger partial charge in [0.25, 0.3) is 0 Å². The molecule has 0 aliphatic heterocycles. The second-order valence-electron chi connectivity index (χ2n) is 39.9. The molecule has 0 bridgehead atoms. The minimum Gasteiger partial charge on any atom is -0.364 e. The number of hydrogen-bond donors (Lipinski definition) is 0. The minimum absolute atomic E-state index is 0.146. The fraction of sp³-hybridized carbons (Fsp3) is 0.369. The Hall–Kier alpha value is -12.6. The summed E-state index contributed by atoms with van der Waals surface area (Å²) in [6, 6.07) is 62.1. The van der Waals surface area contributed by atoms with Gasteiger partial charge in [0, 0.05) is 140 Å². The molecule has 0 unspecified atom stereocenters. The van der Waals surface area contributed by atoms with Gasteiger partial charge in [0.05, 0.1) is 45.0 Å². The van der Waals surface area contributed by atoms with Gasteiger partial charge in [-0.1, -0.05) is 278 Å². The molecule has 0 fully saturated rings. The van der Waals surface area contributed by atoms with E-state index in [1.165, 1.54) is 99.0 Å². The number of pyridine rings is 11. The van der Waals surface area contributed by atoms with Gasteiger partial charge < -0.3 is 4.52 Å². The van der Waals surface area contributed by atoms with Crippen molar-refractivity contribution in [1.82, 2.24) is 64.6 Å². The van der Waals surface area contributed by atoms with Crippen molar-refractivity contribution in [2.45, 2.75) is 295 Å². The molecule has 0 spiro atoms. The van der Waals surface area contributed by atoms with Gasteiger partial charge in [0.2, 0.25) is 0 Å². The number of carbonyl (C=O) groups excluding carboxylic acids is 1. The smallest absolute Gasteiger partial charge is 0.139 e. The molecule has 17 heteroatoms. The molecule has 0 saturated carbocycles. The lowest BCUT2D eigenvalue weighted by Crippen LogP contribution is -2.22. The zero-order chi connectivity index (χ0) is 102. The van der Waals surface area contributed by atoms with Gasteiger partial charge in [0.15, 0.2) is 0 Å². The highest BCUT2D eigenvalue weighted by Gasteiger charge is 2.26. The van der Waals surface area contributed by atoms with Crippen molar-refractivity contribution in [1.29, 1.82) is 0 Å². The highest BCUT2D eigenvalue weighted by atomic mass is 32.1. The molecule has 0 radical (unpaired) electrons. The lowest BCUT2D eigenvalue weighted by atomic mass is 9.80. The second kappa shape index (κ2) is 59.0. The molecular weight excluding hydrogens is 1740 g/mol. The zero-order valence-electron chi connectivity index (χ0n) is 88.1. The summed E-state index contributed by atoms with van der Waals surface area (Å²) in [4.78, 5) is 54.1. The van der Waals surface area contributed by atoms with E-state index in [0.717, 1.165) is 45.7 Å². The van der Waals surface area contributed by atoms with Crippen LogP contribution >= 0.6 is 22.7 Å². The van der Waals surface area contributed by atoms with Crippen LogP contribution < -0.4 is 0 Å². The fourth-order valence-corrected chi connectivity index (χ4v) is 16.6. The van der Waals surface area contributed by atoms with Crippen molar-refractivity contribution in [2.24, 2.45) is 0 Å². The average Bonchev–Trinajstić information content (AvgIpc) is 1.73. The molecule has 0 N–H and O–H groups in total. The number of carbonyl (C=O) groups is 1. The Labute approximate surface area is 840 Å². The number of ketones is 1. The van der Waals surface area contributed by atoms with Gasteiger partial charge in [-0.2, -0.15) is 5.10 Å². The van der Waals surface area contributed by atoms with E-state index in [4.69, 9.17) is 0 Å². The maximum absolute atomic E-state index is 11.3.